The van der Waals surface area contributed by atoms with Crippen molar-refractivity contribution in [2.75, 3.05) is 33.7 Å². The van der Waals surface area contributed by atoms with Gasteiger partial charge in [-0.25, -0.2) is 4.98 Å². The summed E-state index contributed by atoms with van der Waals surface area (Å²) < 4.78 is 5.98. The summed E-state index contributed by atoms with van der Waals surface area (Å²) in [4.78, 5) is 93.4. The van der Waals surface area contributed by atoms with E-state index < -0.39 is 41.0 Å². The molecule has 1 aromatic heterocycles. The zero-order chi connectivity index (χ0) is 51.2. The number of likely N-dealkylation sites (N-methyl/N-ethyl adjacent to an activating group) is 2. The van der Waals surface area contributed by atoms with Gasteiger partial charge in [0.15, 0.2) is 0 Å². The second-order valence-corrected chi connectivity index (χ2v) is 21.7. The zero-order valence-corrected chi connectivity index (χ0v) is 42.8. The first-order valence-corrected chi connectivity index (χ1v) is 25.0. The van der Waals surface area contributed by atoms with E-state index in [0.717, 1.165) is 47.1 Å². The normalized spacial score (nSPS) is 20.2. The van der Waals surface area contributed by atoms with E-state index in [1.165, 1.54) is 5.56 Å². The Morgan fingerprint density at radius 3 is 1.99 bits per heavy atom. The third kappa shape index (κ3) is 12.6. The minimum Gasteiger partial charge on any atom is -0.444 e. The number of fused-ring (bicyclic) bond motifs is 2. The molecule has 3 heterocycles. The van der Waals surface area contributed by atoms with E-state index in [9.17, 15) is 24.0 Å². The van der Waals surface area contributed by atoms with Crippen LogP contribution in [0, 0.1) is 17.8 Å². The van der Waals surface area contributed by atoms with Crippen molar-refractivity contribution in [3.05, 3.63) is 124 Å². The number of likely N-dealkylation sites (tertiary alicyclic amines) is 1. The van der Waals surface area contributed by atoms with Crippen molar-refractivity contribution < 1.29 is 33.2 Å². The summed E-state index contributed by atoms with van der Waals surface area (Å²) in [6, 6.07) is 19.3. The molecule has 380 valence electrons. The molecule has 3 aliphatic rings. The molecule has 7 rings (SSSR count). The molecule has 4 aromatic rings. The molecule has 1 saturated heterocycles. The summed E-state index contributed by atoms with van der Waals surface area (Å²) in [6.07, 6.45) is 5.15. The number of benzene rings is 3. The Labute approximate surface area is 418 Å². The van der Waals surface area contributed by atoms with Gasteiger partial charge in [0, 0.05) is 31.8 Å². The predicted octanol–water partition coefficient (Wildman–Crippen LogP) is 4.72. The van der Waals surface area contributed by atoms with Crippen molar-refractivity contribution in [2.45, 2.75) is 136 Å². The van der Waals surface area contributed by atoms with Gasteiger partial charge in [-0.1, -0.05) is 114 Å². The van der Waals surface area contributed by atoms with Gasteiger partial charge >= 0.3 is 0 Å². The molecule has 1 fully saturated rings. The van der Waals surface area contributed by atoms with Crippen LogP contribution in [-0.4, -0.2) is 108 Å². The van der Waals surface area contributed by atoms with Crippen LogP contribution < -0.4 is 31.9 Å². The van der Waals surface area contributed by atoms with Crippen LogP contribution in [0.1, 0.15) is 124 Å². The van der Waals surface area contributed by atoms with Crippen molar-refractivity contribution in [3.8, 4) is 0 Å². The van der Waals surface area contributed by atoms with E-state index in [1.54, 1.807) is 37.0 Å². The third-order valence-corrected chi connectivity index (χ3v) is 14.0. The Bertz CT molecular complexity index is 2570. The van der Waals surface area contributed by atoms with E-state index in [0.29, 0.717) is 18.1 Å². The summed E-state index contributed by atoms with van der Waals surface area (Å²) in [5.41, 5.74) is 4.42. The Kier molecular flexibility index (Phi) is 16.5. The lowest BCUT2D eigenvalue weighted by Crippen LogP contribution is -2.61. The molecule has 16 heteroatoms. The van der Waals surface area contributed by atoms with Crippen LogP contribution in [0.25, 0.3) is 0 Å². The summed E-state index contributed by atoms with van der Waals surface area (Å²) in [5, 5.41) is 18.1. The number of aromatic nitrogens is 1. The number of aryl methyl sites for hydroxylation is 2. The summed E-state index contributed by atoms with van der Waals surface area (Å²) in [5.74, 6) is -1.46. The first-order valence-electron chi connectivity index (χ1n) is 25.0. The molecule has 0 spiro atoms. The third-order valence-electron chi connectivity index (χ3n) is 14.0. The van der Waals surface area contributed by atoms with Crippen LogP contribution in [0.3, 0.4) is 0 Å². The van der Waals surface area contributed by atoms with E-state index >= 15 is 4.79 Å². The number of carbonyl (C=O) groups excluding carboxylic acids is 6. The topological polar surface area (TPSA) is 207 Å². The second kappa shape index (κ2) is 22.4. The van der Waals surface area contributed by atoms with Crippen LogP contribution in [0.4, 0.5) is 0 Å². The highest BCUT2D eigenvalue weighted by atomic mass is 16.4. The maximum absolute atomic E-state index is 15.0. The highest BCUT2D eigenvalue weighted by Crippen LogP contribution is 2.38. The molecular formula is C55H73N9O7. The van der Waals surface area contributed by atoms with Gasteiger partial charge in [-0.2, -0.15) is 0 Å². The Hall–Kier alpha value is -6.39. The molecule has 0 radical (unpaired) electrons. The van der Waals surface area contributed by atoms with Gasteiger partial charge in [-0.15, -0.1) is 0 Å². The van der Waals surface area contributed by atoms with Gasteiger partial charge < -0.3 is 46.1 Å². The van der Waals surface area contributed by atoms with Gasteiger partial charge in [0.05, 0.1) is 25.3 Å². The smallest absolute Gasteiger partial charge is 0.246 e. The number of hydrogen-bond acceptors (Lipinski definition) is 10. The molecule has 2 aliphatic heterocycles. The monoisotopic (exact) mass is 972 g/mol. The second-order valence-electron chi connectivity index (χ2n) is 21.7. The molecule has 6 amide bonds. The molecule has 1 aliphatic carbocycles. The number of nitrogens with zero attached hydrogens (tertiary/aromatic N) is 3. The Morgan fingerprint density at radius 1 is 0.732 bits per heavy atom. The largest absolute Gasteiger partial charge is 0.444 e. The first kappa shape index (κ1) is 52.4. The number of nitrogens with one attached hydrogen (secondary N) is 6. The molecule has 6 unspecified atom stereocenters. The molecule has 0 bridgehead atoms. The number of oxazole rings is 1. The van der Waals surface area contributed by atoms with Crippen molar-refractivity contribution in [2.24, 2.45) is 10.8 Å². The molecule has 71 heavy (non-hydrogen) atoms. The van der Waals surface area contributed by atoms with E-state index in [4.69, 9.17) is 4.42 Å². The van der Waals surface area contributed by atoms with Crippen LogP contribution in [0.5, 0.6) is 0 Å². The number of hydrogen-bond donors (Lipinski definition) is 6. The Balaban J connectivity index is 1.23. The molecule has 3 aromatic carbocycles. The zero-order valence-electron chi connectivity index (χ0n) is 42.8. The van der Waals surface area contributed by atoms with Crippen LogP contribution in [0.2, 0.25) is 0 Å². The number of amides is 6. The average Bonchev–Trinajstić information content (AvgIpc) is 3.98. The Morgan fingerprint density at radius 2 is 1.37 bits per heavy atom. The van der Waals surface area contributed by atoms with Crippen LogP contribution >= 0.6 is 0 Å². The number of rotatable bonds is 16. The highest BCUT2D eigenvalue weighted by molar-refractivity contribution is 5.95. The van der Waals surface area contributed by atoms with Crippen LogP contribution in [0.15, 0.2) is 83.4 Å². The fourth-order valence-corrected chi connectivity index (χ4v) is 10.3. The lowest BCUT2D eigenvalue weighted by atomic mass is 9.83. The van der Waals surface area contributed by atoms with Crippen LogP contribution in [-0.2, 0) is 54.6 Å². The predicted molar refractivity (Wildman–Crippen MR) is 271 cm³/mol. The van der Waals surface area contributed by atoms with Gasteiger partial charge in [-0.05, 0) is 90.9 Å². The lowest BCUT2D eigenvalue weighted by molar-refractivity contribution is -0.147. The maximum atomic E-state index is 15.0. The van der Waals surface area contributed by atoms with Crippen molar-refractivity contribution >= 4 is 35.4 Å². The summed E-state index contributed by atoms with van der Waals surface area (Å²) in [6.45, 7) is 13.4. The maximum Gasteiger partial charge on any atom is 0.246 e. The molecular weight excluding hydrogens is 899 g/mol. The van der Waals surface area contributed by atoms with Crippen molar-refractivity contribution in [1.29, 1.82) is 0 Å². The minimum atomic E-state index is -0.954. The minimum absolute atomic E-state index is 0.00759. The first-order chi connectivity index (χ1) is 33.7. The van der Waals surface area contributed by atoms with Gasteiger partial charge in [0.25, 0.3) is 0 Å². The average molecular weight is 972 g/mol. The molecule has 16 nitrogen and oxygen atoms in total. The fourth-order valence-electron chi connectivity index (χ4n) is 10.3. The van der Waals surface area contributed by atoms with Gasteiger partial charge in [-0.3, -0.25) is 28.8 Å². The number of carbonyl (C=O) groups is 6. The van der Waals surface area contributed by atoms with E-state index in [-0.39, 0.29) is 86.4 Å². The lowest BCUT2D eigenvalue weighted by Gasteiger charge is -2.41. The highest BCUT2D eigenvalue weighted by Gasteiger charge is 2.47. The SMILES string of the molecule is CNCC(=O)NC(C(=O)N1Cc2cc(C3C[C@@H](C(=O)NC(Cc4ccccc4)c4ncc(C)o4)N(C(=O)C(NC(=O)CNC)C(C)(C)C)C3)ccc2CC1C(=O)NC1CCCc2ccccc21)C(C)(C)C. The standard InChI is InChI=1S/C55H73N9O7/c1-33-28-58-51(71-33)42(24-34-16-11-10-12-17-34)60-50(68)44-27-39(32-64(44)53(70)48(55(5,6)7)62-46(66)30-57-9)36-22-23-37-26-43(49(67)59-41-21-15-19-35-18-13-14-20-40(35)41)63(31-38(37)25-36)52(69)47(54(2,3)4)61-45(65)29-56-8/h10-14,16-18,20,22-23,25,28,39,41-44,47-48,56-57H,15,19,21,24,26-27,29-32H2,1-9H3,(H,59,67)(H,60,68)(H,61,65)(H,62,66)/t39?,41?,42?,43?,44-,47?,48?/m0/s1. The molecule has 0 saturated carbocycles. The summed E-state index contributed by atoms with van der Waals surface area (Å²) in [7, 11) is 3.32. The molecule has 6 N–H and O–H groups in total. The van der Waals surface area contributed by atoms with E-state index in [2.05, 4.69) is 49.0 Å². The molecule has 7 atom stereocenters. The fraction of sp³-hybridized carbons (Fsp3) is 0.509. The van der Waals surface area contributed by atoms with Gasteiger partial charge in [0.1, 0.15) is 36.0 Å². The van der Waals surface area contributed by atoms with Crippen molar-refractivity contribution in [3.63, 3.8) is 0 Å². The quantitative estimate of drug-likeness (QED) is 0.0912. The van der Waals surface area contributed by atoms with Crippen molar-refractivity contribution in [1.82, 2.24) is 46.7 Å². The van der Waals surface area contributed by atoms with E-state index in [1.807, 2.05) is 102 Å². The van der Waals surface area contributed by atoms with Gasteiger partial charge in [0.2, 0.25) is 41.3 Å². The summed E-state index contributed by atoms with van der Waals surface area (Å²) >= 11 is 0.